The Hall–Kier alpha value is -2.09. The molecule has 0 aliphatic carbocycles. The Morgan fingerprint density at radius 3 is 2.60 bits per heavy atom. The van der Waals surface area contributed by atoms with E-state index in [9.17, 15) is 13.2 Å². The van der Waals surface area contributed by atoms with Crippen LogP contribution in [-0.4, -0.2) is 38.3 Å². The maximum atomic E-state index is 12.8. The van der Waals surface area contributed by atoms with Crippen molar-refractivity contribution in [2.24, 2.45) is 0 Å². The first-order valence-corrected chi connectivity index (χ1v) is 12.0. The molecule has 0 atom stereocenters. The third-order valence-corrected chi connectivity index (χ3v) is 7.19. The molecule has 1 aliphatic rings. The van der Waals surface area contributed by atoms with Gasteiger partial charge in [0.25, 0.3) is 0 Å². The van der Waals surface area contributed by atoms with Crippen LogP contribution in [0.1, 0.15) is 37.7 Å². The highest BCUT2D eigenvalue weighted by Gasteiger charge is 2.25. The predicted octanol–water partition coefficient (Wildman–Crippen LogP) is 3.99. The van der Waals surface area contributed by atoms with Gasteiger partial charge in [0.1, 0.15) is 5.75 Å². The molecule has 0 spiro atoms. The van der Waals surface area contributed by atoms with Gasteiger partial charge in [-0.1, -0.05) is 42.3 Å². The number of sulfonamides is 1. The lowest BCUT2D eigenvalue weighted by atomic mass is 10.2. The van der Waals surface area contributed by atoms with Gasteiger partial charge in [0, 0.05) is 26.1 Å². The number of benzene rings is 2. The highest BCUT2D eigenvalue weighted by molar-refractivity contribution is 7.89. The number of amides is 1. The summed E-state index contributed by atoms with van der Waals surface area (Å²) < 4.78 is 32.7. The predicted molar refractivity (Wildman–Crippen MR) is 117 cm³/mol. The second-order valence-electron chi connectivity index (χ2n) is 7.27. The quantitative estimate of drug-likeness (QED) is 0.586. The van der Waals surface area contributed by atoms with Gasteiger partial charge in [-0.3, -0.25) is 4.79 Å². The molecule has 3 rings (SSSR count). The van der Waals surface area contributed by atoms with Gasteiger partial charge >= 0.3 is 0 Å². The number of rotatable bonds is 9. The molecule has 0 bridgehead atoms. The third kappa shape index (κ3) is 6.20. The number of halogens is 1. The maximum absolute atomic E-state index is 12.8. The van der Waals surface area contributed by atoms with E-state index in [1.54, 1.807) is 34.6 Å². The van der Waals surface area contributed by atoms with E-state index in [-0.39, 0.29) is 17.3 Å². The van der Waals surface area contributed by atoms with Crippen LogP contribution in [0.3, 0.4) is 0 Å². The summed E-state index contributed by atoms with van der Waals surface area (Å²) in [6.45, 7) is 1.81. The third-order valence-electron chi connectivity index (χ3n) is 4.98. The molecule has 1 N–H and O–H groups in total. The minimum absolute atomic E-state index is 0.109. The molecule has 1 heterocycles. The Labute approximate surface area is 183 Å². The minimum atomic E-state index is -3.48. The Kier molecular flexibility index (Phi) is 8.13. The average Bonchev–Trinajstić information content (AvgIpc) is 2.77. The first-order valence-electron chi connectivity index (χ1n) is 10.2. The molecular formula is C22H27ClN2O4S. The second-order valence-corrected chi connectivity index (χ2v) is 9.62. The largest absolute Gasteiger partial charge is 0.492 e. The molecule has 162 valence electrons. The van der Waals surface area contributed by atoms with Crippen LogP contribution in [0.25, 0.3) is 0 Å². The van der Waals surface area contributed by atoms with Gasteiger partial charge in [-0.2, -0.15) is 4.31 Å². The Bertz CT molecular complexity index is 959. The number of nitrogens with zero attached hydrogens (tertiary/aromatic N) is 1. The first-order chi connectivity index (χ1) is 14.5. The maximum Gasteiger partial charge on any atom is 0.243 e. The minimum Gasteiger partial charge on any atom is -0.492 e. The molecule has 2 aromatic carbocycles. The van der Waals surface area contributed by atoms with Crippen molar-refractivity contribution >= 4 is 27.5 Å². The molecule has 1 amide bonds. The van der Waals surface area contributed by atoms with Crippen LogP contribution in [0, 0.1) is 0 Å². The van der Waals surface area contributed by atoms with Crippen molar-refractivity contribution in [1.82, 2.24) is 9.62 Å². The summed E-state index contributed by atoms with van der Waals surface area (Å²) in [5.74, 6) is 0.494. The molecule has 0 aromatic heterocycles. The van der Waals surface area contributed by atoms with Crippen LogP contribution >= 0.6 is 11.6 Å². The van der Waals surface area contributed by atoms with Crippen LogP contribution in [0.15, 0.2) is 53.4 Å². The fourth-order valence-corrected chi connectivity index (χ4v) is 5.11. The van der Waals surface area contributed by atoms with Crippen molar-refractivity contribution in [1.29, 1.82) is 0 Å². The number of ether oxygens (including phenoxy) is 1. The van der Waals surface area contributed by atoms with Gasteiger partial charge in [0.15, 0.2) is 0 Å². The van der Waals surface area contributed by atoms with Crippen LogP contribution in [-0.2, 0) is 21.4 Å². The summed E-state index contributed by atoms with van der Waals surface area (Å²) in [5, 5.41) is 3.38. The van der Waals surface area contributed by atoms with Gasteiger partial charge in [-0.15, -0.1) is 0 Å². The standard InChI is InChI=1S/C22H27ClN2O4S/c23-20-10-2-3-11-21(20)29-15-7-12-22(26)24-17-18-8-6-9-19(16-18)30(27,28)25-13-4-1-5-14-25/h2-3,6,8-11,16H,1,4-5,7,12-15,17H2,(H,24,26). The fraction of sp³-hybridized carbons (Fsp3) is 0.409. The van der Waals surface area contributed by atoms with E-state index < -0.39 is 10.0 Å². The SMILES string of the molecule is O=C(CCCOc1ccccc1Cl)NCc1cccc(S(=O)(=O)N2CCCCC2)c1. The lowest BCUT2D eigenvalue weighted by Crippen LogP contribution is -2.35. The van der Waals surface area contributed by atoms with E-state index in [0.29, 0.717) is 43.3 Å². The van der Waals surface area contributed by atoms with Crippen molar-refractivity contribution in [3.63, 3.8) is 0 Å². The molecule has 1 saturated heterocycles. The summed E-state index contributed by atoms with van der Waals surface area (Å²) in [6, 6.07) is 14.0. The van der Waals surface area contributed by atoms with Gasteiger partial charge in [-0.25, -0.2) is 8.42 Å². The smallest absolute Gasteiger partial charge is 0.243 e. The molecule has 8 heteroatoms. The number of hydrogen-bond donors (Lipinski definition) is 1. The fourth-order valence-electron chi connectivity index (χ4n) is 3.34. The van der Waals surface area contributed by atoms with Crippen LogP contribution < -0.4 is 10.1 Å². The van der Waals surface area contributed by atoms with Gasteiger partial charge in [0.05, 0.1) is 16.5 Å². The van der Waals surface area contributed by atoms with Crippen LogP contribution in [0.2, 0.25) is 5.02 Å². The molecular weight excluding hydrogens is 424 g/mol. The molecule has 1 aliphatic heterocycles. The zero-order valence-electron chi connectivity index (χ0n) is 16.8. The number of para-hydroxylation sites is 1. The van der Waals surface area contributed by atoms with E-state index in [1.165, 1.54) is 0 Å². The summed E-state index contributed by atoms with van der Waals surface area (Å²) >= 11 is 6.03. The summed E-state index contributed by atoms with van der Waals surface area (Å²) in [7, 11) is -3.48. The van der Waals surface area contributed by atoms with E-state index >= 15 is 0 Å². The average molecular weight is 451 g/mol. The van der Waals surface area contributed by atoms with E-state index in [4.69, 9.17) is 16.3 Å². The van der Waals surface area contributed by atoms with E-state index in [2.05, 4.69) is 5.32 Å². The molecule has 0 saturated carbocycles. The highest BCUT2D eigenvalue weighted by Crippen LogP contribution is 2.23. The Morgan fingerprint density at radius 2 is 1.83 bits per heavy atom. The van der Waals surface area contributed by atoms with Crippen LogP contribution in [0.5, 0.6) is 5.75 Å². The summed E-state index contributed by atoms with van der Waals surface area (Å²) in [5.41, 5.74) is 0.758. The molecule has 1 fully saturated rings. The summed E-state index contributed by atoms with van der Waals surface area (Å²) in [6.07, 6.45) is 3.74. The number of nitrogens with one attached hydrogen (secondary N) is 1. The summed E-state index contributed by atoms with van der Waals surface area (Å²) in [4.78, 5) is 12.4. The van der Waals surface area contributed by atoms with Gasteiger partial charge < -0.3 is 10.1 Å². The first kappa shape index (κ1) is 22.6. The number of hydrogen-bond acceptors (Lipinski definition) is 4. The monoisotopic (exact) mass is 450 g/mol. The van der Waals surface area contributed by atoms with Gasteiger partial charge in [-0.05, 0) is 49.1 Å². The van der Waals surface area contributed by atoms with Crippen molar-refractivity contribution in [2.75, 3.05) is 19.7 Å². The lowest BCUT2D eigenvalue weighted by molar-refractivity contribution is -0.121. The Balaban J connectivity index is 1.46. The van der Waals surface area contributed by atoms with Crippen molar-refractivity contribution in [2.45, 2.75) is 43.5 Å². The zero-order chi connectivity index (χ0) is 21.4. The molecule has 0 unspecified atom stereocenters. The second kappa shape index (κ2) is 10.8. The molecule has 0 radical (unpaired) electrons. The topological polar surface area (TPSA) is 75.7 Å². The van der Waals surface area contributed by atoms with Crippen molar-refractivity contribution < 1.29 is 17.9 Å². The molecule has 30 heavy (non-hydrogen) atoms. The van der Waals surface area contributed by atoms with E-state index in [1.807, 2.05) is 18.2 Å². The van der Waals surface area contributed by atoms with Crippen molar-refractivity contribution in [3.05, 3.63) is 59.1 Å². The highest BCUT2D eigenvalue weighted by atomic mass is 35.5. The van der Waals surface area contributed by atoms with E-state index in [0.717, 1.165) is 24.8 Å². The van der Waals surface area contributed by atoms with Crippen LogP contribution in [0.4, 0.5) is 0 Å². The zero-order valence-corrected chi connectivity index (χ0v) is 18.4. The number of carbonyl (C=O) groups is 1. The van der Waals surface area contributed by atoms with Gasteiger partial charge in [0.2, 0.25) is 15.9 Å². The molecule has 2 aromatic rings. The Morgan fingerprint density at radius 1 is 1.07 bits per heavy atom. The normalized spacial score (nSPS) is 15.0. The number of piperidine rings is 1. The number of carbonyl (C=O) groups excluding carboxylic acids is 1. The molecule has 6 nitrogen and oxygen atoms in total. The lowest BCUT2D eigenvalue weighted by Gasteiger charge is -2.26. The van der Waals surface area contributed by atoms with Crippen molar-refractivity contribution in [3.8, 4) is 5.75 Å².